The van der Waals surface area contributed by atoms with E-state index in [1.165, 1.54) is 12.8 Å². The van der Waals surface area contributed by atoms with Crippen LogP contribution in [0.5, 0.6) is 0 Å². The number of nitrogens with one attached hydrogen (secondary N) is 2. The fraction of sp³-hybridized carbons (Fsp3) is 0.600. The molecule has 6 heteroatoms. The third-order valence-corrected chi connectivity index (χ3v) is 5.27. The van der Waals surface area contributed by atoms with Gasteiger partial charge in [-0.3, -0.25) is 0 Å². The van der Waals surface area contributed by atoms with E-state index in [0.717, 1.165) is 25.4 Å². The predicted octanol–water partition coefficient (Wildman–Crippen LogP) is 1.97. The molecule has 0 radical (unpaired) electrons. The van der Waals surface area contributed by atoms with Crippen molar-refractivity contribution < 1.29 is 13.2 Å². The van der Waals surface area contributed by atoms with Crippen molar-refractivity contribution in [2.75, 3.05) is 25.1 Å². The van der Waals surface area contributed by atoms with Gasteiger partial charge in [-0.15, -0.1) is 0 Å². The number of hydrogen-bond acceptors (Lipinski definition) is 4. The summed E-state index contributed by atoms with van der Waals surface area (Å²) in [4.78, 5) is 0.319. The molecule has 0 aromatic heterocycles. The lowest BCUT2D eigenvalue weighted by Gasteiger charge is -2.13. The van der Waals surface area contributed by atoms with Gasteiger partial charge in [-0.2, -0.15) is 0 Å². The Kier molecular flexibility index (Phi) is 4.47. The van der Waals surface area contributed by atoms with E-state index >= 15 is 0 Å². The normalized spacial score (nSPS) is 18.7. The summed E-state index contributed by atoms with van der Waals surface area (Å²) in [6, 6.07) is 7.13. The number of rotatable bonds is 9. The highest BCUT2D eigenvalue weighted by atomic mass is 32.2. The van der Waals surface area contributed by atoms with Gasteiger partial charge >= 0.3 is 0 Å². The number of ether oxygens (including phenoxy) is 1. The molecular weight excluding hydrogens is 288 g/mol. The molecule has 1 aromatic carbocycles. The van der Waals surface area contributed by atoms with Gasteiger partial charge in [0, 0.05) is 19.2 Å². The third-order valence-electron chi connectivity index (χ3n) is 3.69. The van der Waals surface area contributed by atoms with E-state index < -0.39 is 10.0 Å². The maximum Gasteiger partial charge on any atom is 0.242 e. The average molecular weight is 310 g/mol. The van der Waals surface area contributed by atoms with Gasteiger partial charge in [-0.25, -0.2) is 13.1 Å². The molecule has 0 aliphatic heterocycles. The van der Waals surface area contributed by atoms with Crippen molar-refractivity contribution in [2.45, 2.75) is 36.6 Å². The zero-order chi connectivity index (χ0) is 14.7. The second-order valence-corrected chi connectivity index (χ2v) is 7.52. The molecule has 0 heterocycles. The highest BCUT2D eigenvalue weighted by Gasteiger charge is 2.29. The molecule has 1 aromatic rings. The minimum absolute atomic E-state index is 0.116. The molecule has 3 rings (SSSR count). The van der Waals surface area contributed by atoms with Crippen molar-refractivity contribution in [2.24, 2.45) is 5.92 Å². The standard InChI is InChI=1S/C15H22N2O3S/c18-21(19,17-13-7-8-13)15-4-2-1-3-14(15)16-9-10-20-11-12-5-6-12/h1-4,12-13,16-17H,5-11H2. The Labute approximate surface area is 126 Å². The quantitative estimate of drug-likeness (QED) is 0.684. The predicted molar refractivity (Wildman–Crippen MR) is 81.8 cm³/mol. The van der Waals surface area contributed by atoms with Crippen LogP contribution in [-0.4, -0.2) is 34.2 Å². The zero-order valence-electron chi connectivity index (χ0n) is 12.0. The monoisotopic (exact) mass is 310 g/mol. The molecular formula is C15H22N2O3S. The van der Waals surface area contributed by atoms with Crippen molar-refractivity contribution >= 4 is 15.7 Å². The first-order chi connectivity index (χ1) is 10.1. The van der Waals surface area contributed by atoms with Crippen LogP contribution in [0.4, 0.5) is 5.69 Å². The zero-order valence-corrected chi connectivity index (χ0v) is 12.9. The van der Waals surface area contributed by atoms with Crippen LogP contribution in [0, 0.1) is 5.92 Å². The van der Waals surface area contributed by atoms with Crippen LogP contribution in [-0.2, 0) is 14.8 Å². The number of benzene rings is 1. The van der Waals surface area contributed by atoms with Gasteiger partial charge < -0.3 is 10.1 Å². The van der Waals surface area contributed by atoms with E-state index in [2.05, 4.69) is 10.0 Å². The van der Waals surface area contributed by atoms with Crippen molar-refractivity contribution in [1.29, 1.82) is 0 Å². The van der Waals surface area contributed by atoms with Crippen molar-refractivity contribution in [3.05, 3.63) is 24.3 Å². The molecule has 2 aliphatic carbocycles. The molecule has 0 amide bonds. The lowest BCUT2D eigenvalue weighted by Crippen LogP contribution is -2.26. The molecule has 116 valence electrons. The summed E-state index contributed by atoms with van der Waals surface area (Å²) in [5.74, 6) is 0.750. The lowest BCUT2D eigenvalue weighted by atomic mass is 10.3. The minimum Gasteiger partial charge on any atom is -0.382 e. The maximum absolute atomic E-state index is 12.3. The molecule has 2 fully saturated rings. The topological polar surface area (TPSA) is 67.4 Å². The number of anilines is 1. The fourth-order valence-corrected chi connectivity index (χ4v) is 3.61. The van der Waals surface area contributed by atoms with Crippen LogP contribution in [0.1, 0.15) is 25.7 Å². The number of hydrogen-bond donors (Lipinski definition) is 2. The number of para-hydroxylation sites is 1. The van der Waals surface area contributed by atoms with E-state index in [-0.39, 0.29) is 6.04 Å². The van der Waals surface area contributed by atoms with Crippen LogP contribution in [0.25, 0.3) is 0 Å². The lowest BCUT2D eigenvalue weighted by molar-refractivity contribution is 0.134. The van der Waals surface area contributed by atoms with Crippen molar-refractivity contribution in [3.63, 3.8) is 0 Å². The molecule has 2 N–H and O–H groups in total. The summed E-state index contributed by atoms with van der Waals surface area (Å²) in [6.45, 7) is 2.04. The van der Waals surface area contributed by atoms with Crippen molar-refractivity contribution in [1.82, 2.24) is 4.72 Å². The van der Waals surface area contributed by atoms with Gasteiger partial charge in [-0.05, 0) is 43.7 Å². The highest BCUT2D eigenvalue weighted by Crippen LogP contribution is 2.29. The second kappa shape index (κ2) is 6.34. The van der Waals surface area contributed by atoms with E-state index in [0.29, 0.717) is 23.7 Å². The molecule has 0 saturated heterocycles. The summed E-state index contributed by atoms with van der Waals surface area (Å²) in [6.07, 6.45) is 4.43. The Bertz CT molecular complexity index is 580. The van der Waals surface area contributed by atoms with E-state index in [4.69, 9.17) is 4.74 Å². The Morgan fingerprint density at radius 1 is 1.14 bits per heavy atom. The fourth-order valence-electron chi connectivity index (χ4n) is 2.12. The van der Waals surface area contributed by atoms with Crippen LogP contribution in [0.2, 0.25) is 0 Å². The van der Waals surface area contributed by atoms with E-state index in [1.807, 2.05) is 6.07 Å². The van der Waals surface area contributed by atoms with Gasteiger partial charge in [0.15, 0.2) is 0 Å². The summed E-state index contributed by atoms with van der Waals surface area (Å²) in [5, 5.41) is 3.16. The first-order valence-corrected chi connectivity index (χ1v) is 9.06. The third kappa shape index (κ3) is 4.43. The Balaban J connectivity index is 1.56. The summed E-state index contributed by atoms with van der Waals surface area (Å²) in [7, 11) is -3.43. The smallest absolute Gasteiger partial charge is 0.242 e. The molecule has 2 saturated carbocycles. The number of sulfonamides is 1. The Hall–Kier alpha value is -1.11. The average Bonchev–Trinajstić information content (AvgIpc) is 3.34. The van der Waals surface area contributed by atoms with Crippen LogP contribution >= 0.6 is 0 Å². The molecule has 2 aliphatic rings. The first-order valence-electron chi connectivity index (χ1n) is 7.58. The largest absolute Gasteiger partial charge is 0.382 e. The first kappa shape index (κ1) is 14.8. The van der Waals surface area contributed by atoms with Crippen LogP contribution in [0.15, 0.2) is 29.2 Å². The van der Waals surface area contributed by atoms with Crippen molar-refractivity contribution in [3.8, 4) is 0 Å². The van der Waals surface area contributed by atoms with Crippen LogP contribution < -0.4 is 10.0 Å². The van der Waals surface area contributed by atoms with Crippen LogP contribution in [0.3, 0.4) is 0 Å². The molecule has 5 nitrogen and oxygen atoms in total. The van der Waals surface area contributed by atoms with Gasteiger partial charge in [0.05, 0.1) is 12.3 Å². The van der Waals surface area contributed by atoms with Gasteiger partial charge in [0.2, 0.25) is 10.0 Å². The van der Waals surface area contributed by atoms with E-state index in [1.54, 1.807) is 18.2 Å². The second-order valence-electron chi connectivity index (χ2n) is 5.84. The molecule has 0 atom stereocenters. The molecule has 21 heavy (non-hydrogen) atoms. The van der Waals surface area contributed by atoms with E-state index in [9.17, 15) is 8.42 Å². The van der Waals surface area contributed by atoms with Gasteiger partial charge in [0.25, 0.3) is 0 Å². The SMILES string of the molecule is O=S(=O)(NC1CC1)c1ccccc1NCCOCC1CC1. The van der Waals surface area contributed by atoms with Gasteiger partial charge in [-0.1, -0.05) is 12.1 Å². The Morgan fingerprint density at radius 2 is 1.90 bits per heavy atom. The Morgan fingerprint density at radius 3 is 2.62 bits per heavy atom. The maximum atomic E-state index is 12.3. The highest BCUT2D eigenvalue weighted by molar-refractivity contribution is 7.89. The molecule has 0 spiro atoms. The summed E-state index contributed by atoms with van der Waals surface area (Å²) >= 11 is 0. The molecule has 0 unspecified atom stereocenters. The summed E-state index contributed by atoms with van der Waals surface area (Å²) in [5.41, 5.74) is 0.640. The minimum atomic E-state index is -3.43. The van der Waals surface area contributed by atoms with Gasteiger partial charge in [0.1, 0.15) is 4.90 Å². The molecule has 0 bridgehead atoms. The summed E-state index contributed by atoms with van der Waals surface area (Å²) < 4.78 is 32.9.